The zero-order valence-corrected chi connectivity index (χ0v) is 15.6. The SMILES string of the molecule is CC1(C(=O)O)CCN(C(=O)Nc2cccc(C(=O)NCc3ccccc3)c2)C1. The fourth-order valence-electron chi connectivity index (χ4n) is 3.13. The molecule has 1 atom stereocenters. The van der Waals surface area contributed by atoms with Crippen molar-refractivity contribution in [3.8, 4) is 0 Å². The predicted molar refractivity (Wildman–Crippen MR) is 105 cm³/mol. The summed E-state index contributed by atoms with van der Waals surface area (Å²) in [6.07, 6.45) is 0.414. The molecule has 0 saturated carbocycles. The number of benzene rings is 2. The van der Waals surface area contributed by atoms with Crippen molar-refractivity contribution in [1.82, 2.24) is 10.2 Å². The van der Waals surface area contributed by atoms with Crippen molar-refractivity contribution in [2.45, 2.75) is 19.9 Å². The molecule has 0 aromatic heterocycles. The summed E-state index contributed by atoms with van der Waals surface area (Å²) < 4.78 is 0. The molecule has 1 aliphatic rings. The average Bonchev–Trinajstić information content (AvgIpc) is 3.11. The Balaban J connectivity index is 1.59. The smallest absolute Gasteiger partial charge is 0.321 e. The number of hydrogen-bond acceptors (Lipinski definition) is 3. The Hall–Kier alpha value is -3.35. The number of aliphatic carboxylic acids is 1. The lowest BCUT2D eigenvalue weighted by molar-refractivity contribution is -0.146. The van der Waals surface area contributed by atoms with E-state index in [1.807, 2.05) is 30.3 Å². The quantitative estimate of drug-likeness (QED) is 0.741. The Morgan fingerprint density at radius 2 is 1.86 bits per heavy atom. The van der Waals surface area contributed by atoms with Gasteiger partial charge in [-0.05, 0) is 37.1 Å². The van der Waals surface area contributed by atoms with E-state index < -0.39 is 11.4 Å². The van der Waals surface area contributed by atoms with Crippen molar-refractivity contribution in [2.75, 3.05) is 18.4 Å². The second kappa shape index (κ2) is 8.12. The minimum Gasteiger partial charge on any atom is -0.481 e. The third kappa shape index (κ3) is 4.49. The molecule has 1 heterocycles. The van der Waals surface area contributed by atoms with Crippen LogP contribution in [0.25, 0.3) is 0 Å². The number of urea groups is 1. The van der Waals surface area contributed by atoms with Gasteiger partial charge in [0.15, 0.2) is 0 Å². The highest BCUT2D eigenvalue weighted by Crippen LogP contribution is 2.30. The summed E-state index contributed by atoms with van der Waals surface area (Å²) in [5.74, 6) is -1.14. The van der Waals surface area contributed by atoms with E-state index in [-0.39, 0.29) is 18.5 Å². The van der Waals surface area contributed by atoms with Gasteiger partial charge in [0.25, 0.3) is 5.91 Å². The van der Waals surface area contributed by atoms with E-state index in [1.165, 1.54) is 4.90 Å². The Labute approximate surface area is 163 Å². The van der Waals surface area contributed by atoms with Crippen molar-refractivity contribution >= 4 is 23.6 Å². The highest BCUT2D eigenvalue weighted by Gasteiger charge is 2.42. The van der Waals surface area contributed by atoms with Gasteiger partial charge in [-0.3, -0.25) is 9.59 Å². The number of carbonyl (C=O) groups is 3. The van der Waals surface area contributed by atoms with E-state index in [2.05, 4.69) is 10.6 Å². The van der Waals surface area contributed by atoms with Crippen LogP contribution in [0.2, 0.25) is 0 Å². The maximum atomic E-state index is 12.4. The molecule has 28 heavy (non-hydrogen) atoms. The predicted octanol–water partition coefficient (Wildman–Crippen LogP) is 2.95. The maximum Gasteiger partial charge on any atom is 0.321 e. The van der Waals surface area contributed by atoms with Gasteiger partial charge in [0, 0.05) is 30.9 Å². The monoisotopic (exact) mass is 381 g/mol. The van der Waals surface area contributed by atoms with Crippen LogP contribution in [0.5, 0.6) is 0 Å². The minimum atomic E-state index is -0.920. The molecule has 1 saturated heterocycles. The summed E-state index contributed by atoms with van der Waals surface area (Å²) in [7, 11) is 0. The highest BCUT2D eigenvalue weighted by atomic mass is 16.4. The normalized spacial score (nSPS) is 18.5. The summed E-state index contributed by atoms with van der Waals surface area (Å²) in [6.45, 7) is 2.59. The molecule has 1 fully saturated rings. The molecule has 7 nitrogen and oxygen atoms in total. The molecule has 1 aliphatic heterocycles. The molecule has 0 aliphatic carbocycles. The van der Waals surface area contributed by atoms with Crippen LogP contribution in [0, 0.1) is 5.41 Å². The third-order valence-electron chi connectivity index (χ3n) is 4.95. The van der Waals surface area contributed by atoms with E-state index in [0.29, 0.717) is 30.8 Å². The molecule has 3 N–H and O–H groups in total. The molecule has 0 bridgehead atoms. The number of nitrogens with one attached hydrogen (secondary N) is 2. The van der Waals surface area contributed by atoms with Crippen LogP contribution in [-0.2, 0) is 11.3 Å². The molecule has 146 valence electrons. The van der Waals surface area contributed by atoms with Gasteiger partial charge in [-0.15, -0.1) is 0 Å². The van der Waals surface area contributed by atoms with Crippen LogP contribution >= 0.6 is 0 Å². The summed E-state index contributed by atoms with van der Waals surface area (Å²) in [4.78, 5) is 37.6. The fourth-order valence-corrected chi connectivity index (χ4v) is 3.13. The van der Waals surface area contributed by atoms with Gasteiger partial charge in [-0.1, -0.05) is 36.4 Å². The van der Waals surface area contributed by atoms with Crippen molar-refractivity contribution < 1.29 is 19.5 Å². The molecule has 7 heteroatoms. The molecule has 2 aromatic rings. The van der Waals surface area contributed by atoms with Crippen molar-refractivity contribution in [1.29, 1.82) is 0 Å². The number of carboxylic acids is 1. The van der Waals surface area contributed by atoms with E-state index in [1.54, 1.807) is 31.2 Å². The minimum absolute atomic E-state index is 0.158. The molecular weight excluding hydrogens is 358 g/mol. The first-order valence-electron chi connectivity index (χ1n) is 9.09. The summed E-state index contributed by atoms with van der Waals surface area (Å²) in [5, 5.41) is 14.9. The Kier molecular flexibility index (Phi) is 5.63. The Morgan fingerprint density at radius 3 is 2.54 bits per heavy atom. The van der Waals surface area contributed by atoms with Crippen LogP contribution in [0.3, 0.4) is 0 Å². The maximum absolute atomic E-state index is 12.4. The first-order chi connectivity index (χ1) is 13.4. The number of amides is 3. The Bertz CT molecular complexity index is 884. The van der Waals surface area contributed by atoms with Crippen molar-refractivity contribution in [3.05, 3.63) is 65.7 Å². The second-order valence-electron chi connectivity index (χ2n) is 7.22. The van der Waals surface area contributed by atoms with Crippen LogP contribution in [-0.4, -0.2) is 41.0 Å². The number of anilines is 1. The highest BCUT2D eigenvalue weighted by molar-refractivity contribution is 5.97. The van der Waals surface area contributed by atoms with Crippen molar-refractivity contribution in [2.24, 2.45) is 5.41 Å². The molecule has 0 radical (unpaired) electrons. The lowest BCUT2D eigenvalue weighted by Crippen LogP contribution is -2.37. The van der Waals surface area contributed by atoms with E-state index in [4.69, 9.17) is 0 Å². The standard InChI is InChI=1S/C21H23N3O4/c1-21(19(26)27)10-11-24(14-21)20(28)23-17-9-5-8-16(12-17)18(25)22-13-15-6-3-2-4-7-15/h2-9,12H,10-11,13-14H2,1H3,(H,22,25)(H,23,28)(H,26,27). The van der Waals surface area contributed by atoms with Gasteiger partial charge in [-0.2, -0.15) is 0 Å². The summed E-state index contributed by atoms with van der Waals surface area (Å²) in [5.41, 5.74) is 0.999. The number of nitrogens with zero attached hydrogens (tertiary/aromatic N) is 1. The first kappa shape index (κ1) is 19.4. The number of carboxylic acid groups (broad SMARTS) is 1. The van der Waals surface area contributed by atoms with Crippen LogP contribution in [0.1, 0.15) is 29.3 Å². The molecule has 0 spiro atoms. The van der Waals surface area contributed by atoms with Gasteiger partial charge >= 0.3 is 12.0 Å². The van der Waals surface area contributed by atoms with Crippen LogP contribution < -0.4 is 10.6 Å². The summed E-state index contributed by atoms with van der Waals surface area (Å²) in [6, 6.07) is 15.9. The van der Waals surface area contributed by atoms with Crippen molar-refractivity contribution in [3.63, 3.8) is 0 Å². The first-order valence-corrected chi connectivity index (χ1v) is 9.09. The lowest BCUT2D eigenvalue weighted by Gasteiger charge is -2.20. The lowest BCUT2D eigenvalue weighted by atomic mass is 9.90. The number of rotatable bonds is 5. The number of likely N-dealkylation sites (tertiary alicyclic amines) is 1. The van der Waals surface area contributed by atoms with Gasteiger partial charge in [0.2, 0.25) is 0 Å². The van der Waals surface area contributed by atoms with E-state index >= 15 is 0 Å². The molecule has 3 rings (SSSR count). The second-order valence-corrected chi connectivity index (χ2v) is 7.22. The van der Waals surface area contributed by atoms with Gasteiger partial charge in [0.1, 0.15) is 0 Å². The van der Waals surface area contributed by atoms with Crippen LogP contribution in [0.15, 0.2) is 54.6 Å². The van der Waals surface area contributed by atoms with Gasteiger partial charge < -0.3 is 20.6 Å². The van der Waals surface area contributed by atoms with Gasteiger partial charge in [0.05, 0.1) is 5.41 Å². The average molecular weight is 381 g/mol. The topological polar surface area (TPSA) is 98.7 Å². The number of hydrogen-bond donors (Lipinski definition) is 3. The zero-order chi connectivity index (χ0) is 20.1. The van der Waals surface area contributed by atoms with E-state index in [0.717, 1.165) is 5.56 Å². The third-order valence-corrected chi connectivity index (χ3v) is 4.95. The Morgan fingerprint density at radius 1 is 1.11 bits per heavy atom. The van der Waals surface area contributed by atoms with E-state index in [9.17, 15) is 19.5 Å². The largest absolute Gasteiger partial charge is 0.481 e. The molecule has 1 unspecified atom stereocenters. The molecular formula is C21H23N3O4. The van der Waals surface area contributed by atoms with Crippen LogP contribution in [0.4, 0.5) is 10.5 Å². The number of carbonyl (C=O) groups excluding carboxylic acids is 2. The molecule has 3 amide bonds. The van der Waals surface area contributed by atoms with Gasteiger partial charge in [-0.25, -0.2) is 4.79 Å². The fraction of sp³-hybridized carbons (Fsp3) is 0.286. The zero-order valence-electron chi connectivity index (χ0n) is 15.6. The molecule has 2 aromatic carbocycles. The summed E-state index contributed by atoms with van der Waals surface area (Å²) >= 11 is 0.